The van der Waals surface area contributed by atoms with Gasteiger partial charge in [0.25, 0.3) is 0 Å². The minimum absolute atomic E-state index is 0.164. The van der Waals surface area contributed by atoms with Crippen molar-refractivity contribution in [2.24, 2.45) is 5.73 Å². The fourth-order valence-corrected chi connectivity index (χ4v) is 9.31. The van der Waals surface area contributed by atoms with Gasteiger partial charge in [0.15, 0.2) is 6.10 Å². The molecule has 0 saturated carbocycles. The number of phosphoric acid groups is 1. The highest BCUT2D eigenvalue weighted by molar-refractivity contribution is 7.47. The molecule has 12 heteroatoms. The van der Waals surface area contributed by atoms with Crippen molar-refractivity contribution < 1.29 is 47.5 Å². The van der Waals surface area contributed by atoms with Crippen molar-refractivity contribution >= 4 is 25.7 Å². The minimum atomic E-state index is -4.72. The Morgan fingerprint density at radius 2 is 0.735 bits per heavy atom. The maximum atomic E-state index is 12.7. The lowest BCUT2D eigenvalue weighted by molar-refractivity contribution is -0.161. The van der Waals surface area contributed by atoms with E-state index < -0.39 is 51.1 Å². The van der Waals surface area contributed by atoms with Gasteiger partial charge in [-0.2, -0.15) is 0 Å². The normalized spacial score (nSPS) is 13.5. The third-order valence-corrected chi connectivity index (χ3v) is 14.0. The molecule has 0 fully saturated rings. The van der Waals surface area contributed by atoms with Crippen molar-refractivity contribution in [3.63, 3.8) is 0 Å². The van der Waals surface area contributed by atoms with Gasteiger partial charge in [-0.05, 0) is 38.5 Å². The number of hydrogen-bond acceptors (Lipinski definition) is 9. The second kappa shape index (κ2) is 51.6. The molecule has 0 spiro atoms. The average molecular weight is 986 g/mol. The van der Waals surface area contributed by atoms with E-state index in [4.69, 9.17) is 29.4 Å². The predicted molar refractivity (Wildman–Crippen MR) is 282 cm³/mol. The zero-order valence-electron chi connectivity index (χ0n) is 44.2. The summed E-state index contributed by atoms with van der Waals surface area (Å²) >= 11 is 0. The van der Waals surface area contributed by atoms with E-state index in [0.29, 0.717) is 12.8 Å². The van der Waals surface area contributed by atoms with Crippen LogP contribution in [0.4, 0.5) is 0 Å². The minimum Gasteiger partial charge on any atom is -0.480 e. The summed E-state index contributed by atoms with van der Waals surface area (Å²) in [5.74, 6) is -2.35. The Morgan fingerprint density at radius 1 is 0.441 bits per heavy atom. The Balaban J connectivity index is 4.13. The van der Waals surface area contributed by atoms with Gasteiger partial charge in [0.05, 0.1) is 13.2 Å². The molecule has 11 nitrogen and oxygen atoms in total. The van der Waals surface area contributed by atoms with Crippen LogP contribution < -0.4 is 5.73 Å². The molecular formula is C56H108NO10P. The molecule has 3 unspecified atom stereocenters. The molecule has 0 radical (unpaired) electrons. The molecule has 0 aromatic carbocycles. The molecular weight excluding hydrogens is 878 g/mol. The maximum Gasteiger partial charge on any atom is 0.472 e. The molecule has 0 heterocycles. The molecule has 0 aromatic heterocycles. The SMILES string of the molecule is CCCCCCCCCC/C=C\CCCCCCCCCCCC(=O)OC(COC(=O)CCCCCCCCCCCCCCCCCCCCCCCCC)COP(=O)(O)OCC(N)C(=O)O. The number of carbonyl (C=O) groups excluding carboxylic acids is 2. The van der Waals surface area contributed by atoms with Gasteiger partial charge in [0.1, 0.15) is 12.6 Å². The molecule has 0 saturated heterocycles. The number of ether oxygens (including phenoxy) is 2. The van der Waals surface area contributed by atoms with Crippen LogP contribution in [-0.2, 0) is 37.5 Å². The third kappa shape index (κ3) is 50.6. The first-order valence-electron chi connectivity index (χ1n) is 28.7. The first-order chi connectivity index (χ1) is 33.1. The van der Waals surface area contributed by atoms with Gasteiger partial charge in [-0.15, -0.1) is 0 Å². The topological polar surface area (TPSA) is 172 Å². The van der Waals surface area contributed by atoms with Crippen LogP contribution in [-0.4, -0.2) is 59.9 Å². The van der Waals surface area contributed by atoms with Crippen LogP contribution in [0.3, 0.4) is 0 Å². The first-order valence-corrected chi connectivity index (χ1v) is 30.2. The number of aliphatic carboxylic acids is 1. The number of rotatable bonds is 55. The zero-order chi connectivity index (χ0) is 49.9. The van der Waals surface area contributed by atoms with Crippen LogP contribution in [0.5, 0.6) is 0 Å². The summed E-state index contributed by atoms with van der Waals surface area (Å²) in [4.78, 5) is 46.3. The molecule has 68 heavy (non-hydrogen) atoms. The average Bonchev–Trinajstić information content (AvgIpc) is 3.32. The van der Waals surface area contributed by atoms with Gasteiger partial charge in [-0.25, -0.2) is 4.57 Å². The molecule has 4 N–H and O–H groups in total. The van der Waals surface area contributed by atoms with E-state index in [-0.39, 0.29) is 19.4 Å². The number of hydrogen-bond donors (Lipinski definition) is 3. The van der Waals surface area contributed by atoms with Crippen molar-refractivity contribution in [3.8, 4) is 0 Å². The van der Waals surface area contributed by atoms with Crippen molar-refractivity contribution in [2.45, 2.75) is 309 Å². The van der Waals surface area contributed by atoms with Crippen molar-refractivity contribution in [3.05, 3.63) is 12.2 Å². The van der Waals surface area contributed by atoms with Gasteiger partial charge in [0.2, 0.25) is 0 Å². The van der Waals surface area contributed by atoms with E-state index in [9.17, 15) is 23.8 Å². The molecule has 402 valence electrons. The van der Waals surface area contributed by atoms with Crippen LogP contribution in [0, 0.1) is 0 Å². The van der Waals surface area contributed by atoms with Crippen molar-refractivity contribution in [1.29, 1.82) is 0 Å². The summed E-state index contributed by atoms with van der Waals surface area (Å²) < 4.78 is 33.0. The second-order valence-electron chi connectivity index (χ2n) is 19.8. The summed E-state index contributed by atoms with van der Waals surface area (Å²) in [5.41, 5.74) is 5.37. The van der Waals surface area contributed by atoms with E-state index in [1.54, 1.807) is 0 Å². The highest BCUT2D eigenvalue weighted by atomic mass is 31.2. The lowest BCUT2D eigenvalue weighted by atomic mass is 10.0. The van der Waals surface area contributed by atoms with Crippen LogP contribution in [0.1, 0.15) is 296 Å². The summed E-state index contributed by atoms with van der Waals surface area (Å²) in [6.45, 7) is 2.88. The fourth-order valence-electron chi connectivity index (χ4n) is 8.54. The zero-order valence-corrected chi connectivity index (χ0v) is 45.1. The second-order valence-corrected chi connectivity index (χ2v) is 21.2. The smallest absolute Gasteiger partial charge is 0.472 e. The summed E-state index contributed by atoms with van der Waals surface area (Å²) in [7, 11) is -4.72. The van der Waals surface area contributed by atoms with E-state index >= 15 is 0 Å². The van der Waals surface area contributed by atoms with Gasteiger partial charge < -0.3 is 25.2 Å². The highest BCUT2D eigenvalue weighted by Gasteiger charge is 2.28. The molecule has 0 amide bonds. The summed E-state index contributed by atoms with van der Waals surface area (Å²) in [6, 6.07) is -1.52. The summed E-state index contributed by atoms with van der Waals surface area (Å²) in [5, 5.41) is 8.94. The fraction of sp³-hybridized carbons (Fsp3) is 0.911. The van der Waals surface area contributed by atoms with Crippen LogP contribution in [0.15, 0.2) is 12.2 Å². The Hall–Kier alpha value is -1.78. The van der Waals surface area contributed by atoms with Crippen molar-refractivity contribution in [2.75, 3.05) is 19.8 Å². The lowest BCUT2D eigenvalue weighted by Gasteiger charge is -2.20. The third-order valence-electron chi connectivity index (χ3n) is 13.0. The number of esters is 2. The van der Waals surface area contributed by atoms with Crippen molar-refractivity contribution in [1.82, 2.24) is 0 Å². The molecule has 0 bridgehead atoms. The monoisotopic (exact) mass is 986 g/mol. The maximum absolute atomic E-state index is 12.7. The quantitative estimate of drug-likeness (QED) is 0.0229. The summed E-state index contributed by atoms with van der Waals surface area (Å²) in [6.07, 6.45) is 57.1. The number of carbonyl (C=O) groups is 3. The van der Waals surface area contributed by atoms with E-state index in [1.807, 2.05) is 0 Å². The number of carboxylic acids is 1. The van der Waals surface area contributed by atoms with Gasteiger partial charge in [-0.1, -0.05) is 257 Å². The largest absolute Gasteiger partial charge is 0.480 e. The number of unbranched alkanes of at least 4 members (excludes halogenated alkanes) is 39. The Kier molecular flexibility index (Phi) is 50.2. The van der Waals surface area contributed by atoms with E-state index in [1.165, 1.54) is 218 Å². The number of nitrogens with two attached hydrogens (primary N) is 1. The predicted octanol–water partition coefficient (Wildman–Crippen LogP) is 16.7. The van der Waals surface area contributed by atoms with E-state index in [0.717, 1.165) is 38.5 Å². The Labute approximate surface area is 418 Å². The van der Waals surface area contributed by atoms with E-state index in [2.05, 4.69) is 26.0 Å². The Bertz CT molecular complexity index is 1200. The number of phosphoric ester groups is 1. The van der Waals surface area contributed by atoms with Crippen LogP contribution in [0.25, 0.3) is 0 Å². The number of allylic oxidation sites excluding steroid dienone is 2. The Morgan fingerprint density at radius 3 is 1.07 bits per heavy atom. The molecule has 0 aliphatic carbocycles. The first kappa shape index (κ1) is 66.2. The molecule has 0 aromatic rings. The highest BCUT2D eigenvalue weighted by Crippen LogP contribution is 2.43. The van der Waals surface area contributed by atoms with Crippen LogP contribution in [0.2, 0.25) is 0 Å². The molecule has 0 aliphatic heterocycles. The van der Waals surface area contributed by atoms with Gasteiger partial charge in [0, 0.05) is 12.8 Å². The standard InChI is InChI=1S/C56H108NO10P/c1-3-5-7-9-11-13-15-17-19-21-23-25-26-28-29-31-33-35-37-39-41-43-45-47-54(58)64-49-52(50-65-68(62,63)66-51-53(57)56(60)61)67-55(59)48-46-44-42-40-38-36-34-32-30-27-24-22-20-18-16-14-12-10-8-6-4-2/h22,24,52-53H,3-21,23,25-51,57H2,1-2H3,(H,60,61)(H,62,63)/b24-22-. The molecule has 0 aliphatic rings. The molecule has 3 atom stereocenters. The van der Waals surface area contributed by atoms with Crippen LogP contribution >= 0.6 is 7.82 Å². The molecule has 0 rings (SSSR count). The number of carboxylic acid groups (broad SMARTS) is 1. The van der Waals surface area contributed by atoms with Gasteiger partial charge in [-0.3, -0.25) is 23.4 Å². The lowest BCUT2D eigenvalue weighted by Crippen LogP contribution is -2.34. The van der Waals surface area contributed by atoms with Gasteiger partial charge >= 0.3 is 25.7 Å².